The van der Waals surface area contributed by atoms with Crippen LogP contribution in [-0.2, 0) is 11.0 Å². The van der Waals surface area contributed by atoms with Crippen molar-refractivity contribution < 1.29 is 22.8 Å². The molecule has 1 N–H and O–H groups in total. The Hall–Kier alpha value is -2.31. The molecule has 0 spiro atoms. The third kappa shape index (κ3) is 2.71. The summed E-state index contributed by atoms with van der Waals surface area (Å²) >= 11 is 0. The van der Waals surface area contributed by atoms with Crippen LogP contribution in [-0.4, -0.2) is 23.8 Å². The number of allylic oxidation sites excluding steroid dienone is 1. The molecule has 1 aliphatic carbocycles. The molecule has 0 bridgehead atoms. The van der Waals surface area contributed by atoms with E-state index >= 15 is 0 Å². The largest absolute Gasteiger partial charge is 0.416 e. The summed E-state index contributed by atoms with van der Waals surface area (Å²) in [5, 5.41) is 2.63. The number of rotatable bonds is 1. The first kappa shape index (κ1) is 15.6. The van der Waals surface area contributed by atoms with Gasteiger partial charge in [0.05, 0.1) is 11.6 Å². The molecule has 0 saturated carbocycles. The number of alkyl halides is 3. The molecule has 1 aromatic rings. The number of hydrogen-bond donors (Lipinski definition) is 1. The molecular formula is C16H15F3N2O2. The van der Waals surface area contributed by atoms with Gasteiger partial charge in [0.2, 0.25) is 0 Å². The van der Waals surface area contributed by atoms with Crippen LogP contribution in [0.1, 0.15) is 36.4 Å². The van der Waals surface area contributed by atoms with E-state index in [2.05, 4.69) is 5.32 Å². The van der Waals surface area contributed by atoms with Crippen molar-refractivity contribution in [3.63, 3.8) is 0 Å². The van der Waals surface area contributed by atoms with Crippen molar-refractivity contribution in [1.82, 2.24) is 10.2 Å². The van der Waals surface area contributed by atoms with Crippen molar-refractivity contribution in [3.8, 4) is 0 Å². The average Bonchev–Trinajstić information content (AvgIpc) is 2.50. The van der Waals surface area contributed by atoms with Crippen molar-refractivity contribution in [2.45, 2.75) is 31.5 Å². The first-order valence-electron chi connectivity index (χ1n) is 7.26. The van der Waals surface area contributed by atoms with Gasteiger partial charge in [0.25, 0.3) is 0 Å². The van der Waals surface area contributed by atoms with Gasteiger partial charge in [0.15, 0.2) is 5.78 Å². The first-order chi connectivity index (χ1) is 10.8. The van der Waals surface area contributed by atoms with Crippen LogP contribution in [0.15, 0.2) is 35.5 Å². The van der Waals surface area contributed by atoms with Crippen LogP contribution in [0, 0.1) is 0 Å². The van der Waals surface area contributed by atoms with Gasteiger partial charge in [-0.1, -0.05) is 12.1 Å². The maximum Gasteiger partial charge on any atom is 0.416 e. The van der Waals surface area contributed by atoms with Gasteiger partial charge in [-0.25, -0.2) is 4.79 Å². The lowest BCUT2D eigenvalue weighted by Gasteiger charge is -2.37. The Labute approximate surface area is 131 Å². The predicted molar refractivity (Wildman–Crippen MR) is 76.4 cm³/mol. The Kier molecular flexibility index (Phi) is 3.66. The fraction of sp³-hybridized carbons (Fsp3) is 0.375. The van der Waals surface area contributed by atoms with Crippen LogP contribution in [0.3, 0.4) is 0 Å². The van der Waals surface area contributed by atoms with E-state index < -0.39 is 23.8 Å². The third-order valence-electron chi connectivity index (χ3n) is 4.24. The molecule has 3 rings (SSSR count). The summed E-state index contributed by atoms with van der Waals surface area (Å²) in [5.74, 6) is -0.125. The Morgan fingerprint density at radius 2 is 1.96 bits per heavy atom. The average molecular weight is 324 g/mol. The van der Waals surface area contributed by atoms with Crippen molar-refractivity contribution in [2.24, 2.45) is 0 Å². The maximum absolute atomic E-state index is 12.9. The lowest BCUT2D eigenvalue weighted by atomic mass is 9.84. The second kappa shape index (κ2) is 5.40. The molecule has 1 aromatic carbocycles. The number of amides is 2. The van der Waals surface area contributed by atoms with Crippen LogP contribution < -0.4 is 5.32 Å². The summed E-state index contributed by atoms with van der Waals surface area (Å²) in [6.07, 6.45) is -2.91. The molecule has 0 saturated heterocycles. The molecule has 0 radical (unpaired) electrons. The molecular weight excluding hydrogens is 309 g/mol. The lowest BCUT2D eigenvalue weighted by Crippen LogP contribution is -2.47. The number of urea groups is 1. The van der Waals surface area contributed by atoms with Crippen LogP contribution >= 0.6 is 0 Å². The van der Waals surface area contributed by atoms with Gasteiger partial charge in [-0.2, -0.15) is 13.2 Å². The van der Waals surface area contributed by atoms with Crippen LogP contribution in [0.5, 0.6) is 0 Å². The van der Waals surface area contributed by atoms with E-state index in [4.69, 9.17) is 0 Å². The molecule has 1 aliphatic heterocycles. The minimum Gasteiger partial charge on any atom is -0.327 e. The Balaban J connectivity index is 2.10. The number of ketones is 1. The zero-order valence-corrected chi connectivity index (χ0v) is 12.4. The molecule has 122 valence electrons. The highest BCUT2D eigenvalue weighted by atomic mass is 19.4. The summed E-state index contributed by atoms with van der Waals surface area (Å²) in [5.41, 5.74) is 0.475. The van der Waals surface area contributed by atoms with Gasteiger partial charge < -0.3 is 10.2 Å². The van der Waals surface area contributed by atoms with Crippen molar-refractivity contribution in [2.75, 3.05) is 7.05 Å². The summed E-state index contributed by atoms with van der Waals surface area (Å²) < 4.78 is 38.7. The minimum absolute atomic E-state index is 0.125. The first-order valence-corrected chi connectivity index (χ1v) is 7.26. The lowest BCUT2D eigenvalue weighted by molar-refractivity contribution is -0.137. The number of halogens is 3. The van der Waals surface area contributed by atoms with Gasteiger partial charge in [0.1, 0.15) is 0 Å². The molecule has 0 fully saturated rings. The quantitative estimate of drug-likeness (QED) is 0.860. The number of nitrogens with zero attached hydrogens (tertiary/aromatic N) is 1. The number of hydrogen-bond acceptors (Lipinski definition) is 2. The number of Topliss-reactive ketones (excluding diaryl/α,β-unsaturated/α-hetero) is 1. The molecule has 23 heavy (non-hydrogen) atoms. The van der Waals surface area contributed by atoms with Gasteiger partial charge in [-0.3, -0.25) is 4.79 Å². The van der Waals surface area contributed by atoms with Crippen LogP contribution in [0.25, 0.3) is 0 Å². The fourth-order valence-corrected chi connectivity index (χ4v) is 3.08. The topological polar surface area (TPSA) is 49.4 Å². The van der Waals surface area contributed by atoms with Gasteiger partial charge in [-0.05, 0) is 30.5 Å². The molecule has 2 aliphatic rings. The highest BCUT2D eigenvalue weighted by Gasteiger charge is 2.38. The summed E-state index contributed by atoms with van der Waals surface area (Å²) in [6, 6.07) is 3.50. The number of benzene rings is 1. The van der Waals surface area contributed by atoms with Gasteiger partial charge >= 0.3 is 12.2 Å². The van der Waals surface area contributed by atoms with Gasteiger partial charge in [0, 0.05) is 24.7 Å². The van der Waals surface area contributed by atoms with Gasteiger partial charge in [-0.15, -0.1) is 0 Å². The van der Waals surface area contributed by atoms with E-state index in [0.29, 0.717) is 30.5 Å². The smallest absolute Gasteiger partial charge is 0.327 e. The second-order valence-corrected chi connectivity index (χ2v) is 5.70. The van der Waals surface area contributed by atoms with Crippen molar-refractivity contribution in [3.05, 3.63) is 46.7 Å². The van der Waals surface area contributed by atoms with E-state index in [1.165, 1.54) is 17.0 Å². The highest BCUT2D eigenvalue weighted by Crippen LogP contribution is 2.38. The second-order valence-electron chi connectivity index (χ2n) is 5.70. The predicted octanol–water partition coefficient (Wildman–Crippen LogP) is 3.41. The van der Waals surface area contributed by atoms with E-state index in [0.717, 1.165) is 12.1 Å². The van der Waals surface area contributed by atoms with Crippen molar-refractivity contribution in [1.29, 1.82) is 0 Å². The molecule has 4 nitrogen and oxygen atoms in total. The molecule has 0 unspecified atom stereocenters. The minimum atomic E-state index is -4.47. The SMILES string of the molecule is CN1C(=O)N[C@@H](c2cccc(C(F)(F)F)c2)C2=C1CCCC2=O. The van der Waals surface area contributed by atoms with E-state index in [-0.39, 0.29) is 11.3 Å². The highest BCUT2D eigenvalue weighted by molar-refractivity contribution is 6.00. The zero-order chi connectivity index (χ0) is 16.8. The number of nitrogens with one attached hydrogen (secondary N) is 1. The van der Waals surface area contributed by atoms with Crippen molar-refractivity contribution >= 4 is 11.8 Å². The zero-order valence-electron chi connectivity index (χ0n) is 12.4. The normalized spacial score (nSPS) is 22.1. The Morgan fingerprint density at radius 1 is 1.22 bits per heavy atom. The standard InChI is InChI=1S/C16H15F3N2O2/c1-21-11-6-3-7-12(22)13(11)14(20-15(21)23)9-4-2-5-10(8-9)16(17,18)19/h2,4-5,8,14H,3,6-7H2,1H3,(H,20,23)/t14-/m0/s1. The number of carbonyl (C=O) groups is 2. The van der Waals surface area contributed by atoms with Crippen LogP contribution in [0.2, 0.25) is 0 Å². The Morgan fingerprint density at radius 3 is 2.65 bits per heavy atom. The summed E-state index contributed by atoms with van der Waals surface area (Å²) in [4.78, 5) is 25.7. The summed E-state index contributed by atoms with van der Waals surface area (Å²) in [7, 11) is 1.56. The number of carbonyl (C=O) groups excluding carboxylic acids is 2. The molecule has 0 aromatic heterocycles. The molecule has 1 atom stereocenters. The molecule has 2 amide bonds. The maximum atomic E-state index is 12.9. The third-order valence-corrected chi connectivity index (χ3v) is 4.24. The monoisotopic (exact) mass is 324 g/mol. The fourth-order valence-electron chi connectivity index (χ4n) is 3.08. The molecule has 7 heteroatoms. The van der Waals surface area contributed by atoms with E-state index in [9.17, 15) is 22.8 Å². The molecule has 1 heterocycles. The summed E-state index contributed by atoms with van der Waals surface area (Å²) in [6.45, 7) is 0. The van der Waals surface area contributed by atoms with E-state index in [1.54, 1.807) is 7.05 Å². The van der Waals surface area contributed by atoms with E-state index in [1.807, 2.05) is 0 Å². The Bertz CT molecular complexity index is 710. The van der Waals surface area contributed by atoms with Crippen LogP contribution in [0.4, 0.5) is 18.0 Å².